The Bertz CT molecular complexity index is 630. The third-order valence-electron chi connectivity index (χ3n) is 3.40. The van der Waals surface area contributed by atoms with Crippen LogP contribution >= 0.6 is 11.3 Å². The average Bonchev–Trinajstić information content (AvgIpc) is 2.95. The van der Waals surface area contributed by atoms with E-state index in [9.17, 15) is 4.79 Å². The normalized spacial score (nSPS) is 12.2. The van der Waals surface area contributed by atoms with Crippen LogP contribution in [0.4, 0.5) is 0 Å². The first-order valence-electron chi connectivity index (χ1n) is 6.38. The summed E-state index contributed by atoms with van der Waals surface area (Å²) in [5.74, 6) is 0.492. The summed E-state index contributed by atoms with van der Waals surface area (Å²) in [5.41, 5.74) is 3.07. The fourth-order valence-corrected chi connectivity index (χ4v) is 3.14. The Morgan fingerprint density at radius 3 is 2.75 bits per heavy atom. The van der Waals surface area contributed by atoms with Gasteiger partial charge in [0.2, 0.25) is 0 Å². The van der Waals surface area contributed by atoms with E-state index in [1.54, 1.807) is 13.2 Å². The predicted molar refractivity (Wildman–Crippen MR) is 79.4 cm³/mol. The lowest BCUT2D eigenvalue weighted by Gasteiger charge is -2.14. The molecule has 0 aliphatic heterocycles. The third kappa shape index (κ3) is 2.56. The second-order valence-corrected chi connectivity index (χ2v) is 5.64. The summed E-state index contributed by atoms with van der Waals surface area (Å²) in [6.45, 7) is 5.93. The lowest BCUT2D eigenvalue weighted by molar-refractivity contribution is 0.0941. The molecule has 0 aromatic carbocycles. The minimum absolute atomic E-state index is 0.0944. The molecular formula is C14H19N3O2S. The van der Waals surface area contributed by atoms with Crippen LogP contribution in [0.5, 0.6) is 5.75 Å². The molecule has 6 heteroatoms. The number of carbonyl (C=O) groups excluding carboxylic acids is 1. The van der Waals surface area contributed by atoms with Gasteiger partial charge in [-0.1, -0.05) is 0 Å². The van der Waals surface area contributed by atoms with Gasteiger partial charge in [-0.15, -0.1) is 11.3 Å². The summed E-state index contributed by atoms with van der Waals surface area (Å²) in [6.07, 6.45) is 0. The van der Waals surface area contributed by atoms with Gasteiger partial charge < -0.3 is 10.1 Å². The number of aryl methyl sites for hydroxylation is 2. The fourth-order valence-electron chi connectivity index (χ4n) is 2.37. The predicted octanol–water partition coefficient (Wildman–Crippen LogP) is 2.60. The molecule has 1 atom stereocenters. The summed E-state index contributed by atoms with van der Waals surface area (Å²) in [4.78, 5) is 12.9. The van der Waals surface area contributed by atoms with Crippen molar-refractivity contribution in [1.82, 2.24) is 15.1 Å². The smallest absolute Gasteiger partial charge is 0.265 e. The Morgan fingerprint density at radius 2 is 2.20 bits per heavy atom. The van der Waals surface area contributed by atoms with Crippen LogP contribution in [0.1, 0.15) is 39.6 Å². The summed E-state index contributed by atoms with van der Waals surface area (Å²) in [6, 6.07) is 1.70. The first-order valence-corrected chi connectivity index (χ1v) is 7.26. The van der Waals surface area contributed by atoms with Crippen LogP contribution in [0.15, 0.2) is 11.4 Å². The molecule has 2 aromatic rings. The minimum Gasteiger partial charge on any atom is -0.495 e. The highest BCUT2D eigenvalue weighted by molar-refractivity contribution is 7.12. The largest absolute Gasteiger partial charge is 0.495 e. The number of nitrogens with one attached hydrogen (secondary N) is 1. The van der Waals surface area contributed by atoms with Crippen LogP contribution < -0.4 is 10.1 Å². The molecule has 0 fully saturated rings. The number of ether oxygens (including phenoxy) is 1. The van der Waals surface area contributed by atoms with Gasteiger partial charge in [-0.3, -0.25) is 9.48 Å². The van der Waals surface area contributed by atoms with Crippen molar-refractivity contribution in [2.45, 2.75) is 26.8 Å². The molecule has 1 N–H and O–H groups in total. The van der Waals surface area contributed by atoms with E-state index in [1.807, 2.05) is 37.9 Å². The summed E-state index contributed by atoms with van der Waals surface area (Å²) in [7, 11) is 3.47. The molecule has 0 radical (unpaired) electrons. The molecule has 1 amide bonds. The molecule has 2 rings (SSSR count). The lowest BCUT2D eigenvalue weighted by atomic mass is 10.1. The Morgan fingerprint density at radius 1 is 1.50 bits per heavy atom. The van der Waals surface area contributed by atoms with Crippen molar-refractivity contribution in [2.24, 2.45) is 7.05 Å². The van der Waals surface area contributed by atoms with Gasteiger partial charge in [0.25, 0.3) is 5.91 Å². The number of nitrogens with zero attached hydrogens (tertiary/aromatic N) is 2. The van der Waals surface area contributed by atoms with E-state index in [0.29, 0.717) is 10.6 Å². The molecule has 0 saturated carbocycles. The maximum absolute atomic E-state index is 12.3. The molecule has 108 valence electrons. The van der Waals surface area contributed by atoms with Crippen molar-refractivity contribution < 1.29 is 9.53 Å². The molecule has 0 aliphatic rings. The zero-order valence-electron chi connectivity index (χ0n) is 12.4. The molecule has 0 bridgehead atoms. The Hall–Kier alpha value is -1.82. The van der Waals surface area contributed by atoms with Crippen LogP contribution in [-0.4, -0.2) is 22.8 Å². The lowest BCUT2D eigenvalue weighted by Crippen LogP contribution is -2.27. The van der Waals surface area contributed by atoms with Gasteiger partial charge in [0.05, 0.1) is 18.8 Å². The van der Waals surface area contributed by atoms with Gasteiger partial charge in [0, 0.05) is 18.3 Å². The van der Waals surface area contributed by atoms with E-state index < -0.39 is 0 Å². The van der Waals surface area contributed by atoms with Crippen LogP contribution in [0.2, 0.25) is 0 Å². The monoisotopic (exact) mass is 293 g/mol. The summed E-state index contributed by atoms with van der Waals surface area (Å²) < 4.78 is 7.01. The highest BCUT2D eigenvalue weighted by Crippen LogP contribution is 2.26. The number of carbonyl (C=O) groups is 1. The van der Waals surface area contributed by atoms with Crippen LogP contribution in [0, 0.1) is 13.8 Å². The zero-order chi connectivity index (χ0) is 14.9. The maximum Gasteiger partial charge on any atom is 0.265 e. The molecule has 0 saturated heterocycles. The van der Waals surface area contributed by atoms with Crippen LogP contribution in [0.3, 0.4) is 0 Å². The number of rotatable bonds is 4. The van der Waals surface area contributed by atoms with Gasteiger partial charge in [-0.05, 0) is 32.2 Å². The Balaban J connectivity index is 2.19. The van der Waals surface area contributed by atoms with Crippen molar-refractivity contribution >= 4 is 17.2 Å². The number of hydrogen-bond acceptors (Lipinski definition) is 4. The van der Waals surface area contributed by atoms with Gasteiger partial charge in [-0.2, -0.15) is 5.10 Å². The zero-order valence-corrected chi connectivity index (χ0v) is 13.2. The average molecular weight is 293 g/mol. The molecule has 5 nitrogen and oxygen atoms in total. The van der Waals surface area contributed by atoms with Crippen molar-refractivity contribution in [3.8, 4) is 5.75 Å². The van der Waals surface area contributed by atoms with E-state index in [0.717, 1.165) is 17.0 Å². The number of aromatic nitrogens is 2. The van der Waals surface area contributed by atoms with Gasteiger partial charge >= 0.3 is 0 Å². The third-order valence-corrected chi connectivity index (χ3v) is 4.30. The molecule has 0 unspecified atom stereocenters. The van der Waals surface area contributed by atoms with Crippen molar-refractivity contribution in [1.29, 1.82) is 0 Å². The topological polar surface area (TPSA) is 56.1 Å². The fraction of sp³-hybridized carbons (Fsp3) is 0.429. The number of amides is 1. The Labute approximate surface area is 122 Å². The van der Waals surface area contributed by atoms with E-state index in [-0.39, 0.29) is 11.9 Å². The van der Waals surface area contributed by atoms with Gasteiger partial charge in [0.1, 0.15) is 10.6 Å². The molecule has 20 heavy (non-hydrogen) atoms. The second kappa shape index (κ2) is 5.66. The number of hydrogen-bond donors (Lipinski definition) is 1. The van der Waals surface area contributed by atoms with E-state index in [4.69, 9.17) is 4.74 Å². The van der Waals surface area contributed by atoms with Gasteiger partial charge in [0.15, 0.2) is 0 Å². The second-order valence-electron chi connectivity index (χ2n) is 4.72. The number of thiophene rings is 1. The van der Waals surface area contributed by atoms with Crippen molar-refractivity contribution in [3.05, 3.63) is 33.3 Å². The summed E-state index contributed by atoms with van der Waals surface area (Å²) >= 11 is 1.38. The van der Waals surface area contributed by atoms with Crippen molar-refractivity contribution in [2.75, 3.05) is 7.11 Å². The first-order chi connectivity index (χ1) is 9.45. The maximum atomic E-state index is 12.3. The van der Waals surface area contributed by atoms with Gasteiger partial charge in [-0.25, -0.2) is 0 Å². The molecular weight excluding hydrogens is 274 g/mol. The van der Waals surface area contributed by atoms with Crippen LogP contribution in [-0.2, 0) is 7.05 Å². The Kier molecular flexibility index (Phi) is 4.13. The van der Waals surface area contributed by atoms with E-state index in [2.05, 4.69) is 10.4 Å². The summed E-state index contributed by atoms with van der Waals surface area (Å²) in [5, 5.41) is 9.23. The van der Waals surface area contributed by atoms with E-state index >= 15 is 0 Å². The standard InChI is InChI=1S/C14H19N3O2S/c1-8(12-9(2)16-17(4)10(12)3)15-14(18)13-11(19-5)6-7-20-13/h6-8H,1-5H3,(H,15,18)/t8-/m1/s1. The SMILES string of the molecule is COc1ccsc1C(=O)N[C@H](C)c1c(C)nn(C)c1C. The quantitative estimate of drug-likeness (QED) is 0.942. The minimum atomic E-state index is -0.119. The number of methoxy groups -OCH3 is 1. The first kappa shape index (κ1) is 14.6. The highest BCUT2D eigenvalue weighted by Gasteiger charge is 2.21. The van der Waals surface area contributed by atoms with E-state index in [1.165, 1.54) is 11.3 Å². The van der Waals surface area contributed by atoms with Crippen LogP contribution in [0.25, 0.3) is 0 Å². The van der Waals surface area contributed by atoms with Crippen molar-refractivity contribution in [3.63, 3.8) is 0 Å². The highest BCUT2D eigenvalue weighted by atomic mass is 32.1. The molecule has 2 heterocycles. The molecule has 0 spiro atoms. The molecule has 0 aliphatic carbocycles. The molecule has 2 aromatic heterocycles.